The highest BCUT2D eigenvalue weighted by Crippen LogP contribution is 2.16. The molecule has 6 heteroatoms. The molecule has 0 aliphatic carbocycles. The molecule has 3 rings (SSSR count). The quantitative estimate of drug-likeness (QED) is 0.670. The second kappa shape index (κ2) is 7.63. The maximum atomic E-state index is 12.1. The molecule has 0 aliphatic rings. The molecule has 0 atom stereocenters. The van der Waals surface area contributed by atoms with Crippen molar-refractivity contribution in [3.05, 3.63) is 77.6 Å². The Bertz CT molecular complexity index is 873. The van der Waals surface area contributed by atoms with Gasteiger partial charge in [0.05, 0.1) is 12.3 Å². The summed E-state index contributed by atoms with van der Waals surface area (Å²) in [7, 11) is 0. The molecular weight excluding hydrogens is 316 g/mol. The third kappa shape index (κ3) is 4.05. The summed E-state index contributed by atoms with van der Waals surface area (Å²) in [5, 5.41) is 19.2. The van der Waals surface area contributed by atoms with Gasteiger partial charge in [0.2, 0.25) is 0 Å². The van der Waals surface area contributed by atoms with E-state index in [1.54, 1.807) is 10.9 Å². The Morgan fingerprint density at radius 2 is 1.92 bits per heavy atom. The molecule has 2 aromatic carbocycles. The van der Waals surface area contributed by atoms with Crippen LogP contribution in [0.15, 0.2) is 60.8 Å². The fraction of sp³-hybridized carbons (Fsp3) is 0.158. The van der Waals surface area contributed by atoms with E-state index >= 15 is 0 Å². The van der Waals surface area contributed by atoms with E-state index in [1.165, 1.54) is 0 Å². The number of nitrogens with one attached hydrogen (secondary N) is 2. The molecule has 128 valence electrons. The number of anilines is 1. The van der Waals surface area contributed by atoms with Crippen molar-refractivity contribution < 1.29 is 9.90 Å². The number of carbonyl (C=O) groups excluding carboxylic acids is 1. The lowest BCUT2D eigenvalue weighted by atomic mass is 10.1. The maximum absolute atomic E-state index is 12.1. The highest BCUT2D eigenvalue weighted by atomic mass is 16.3. The normalized spacial score (nSPS) is 10.5. The van der Waals surface area contributed by atoms with E-state index < -0.39 is 0 Å². The third-order valence-electron chi connectivity index (χ3n) is 3.91. The summed E-state index contributed by atoms with van der Waals surface area (Å²) >= 11 is 0. The highest BCUT2D eigenvalue weighted by molar-refractivity contribution is 5.89. The molecule has 6 nitrogen and oxygen atoms in total. The number of aryl methyl sites for hydroxylation is 1. The average Bonchev–Trinajstić information content (AvgIpc) is 3.06. The standard InChI is InChI=1S/C19H20N4O2/c1-14-9-10-21-23(14)18-8-4-7-17(11-18)22-19(25)20-12-15-5-2-3-6-16(15)13-24/h2-11,24H,12-13H2,1H3,(H2,20,22,25). The first-order valence-corrected chi connectivity index (χ1v) is 8.01. The second-order valence-electron chi connectivity index (χ2n) is 5.67. The average molecular weight is 336 g/mol. The van der Waals surface area contributed by atoms with E-state index in [2.05, 4.69) is 15.7 Å². The molecule has 0 fully saturated rings. The zero-order valence-corrected chi connectivity index (χ0v) is 13.9. The van der Waals surface area contributed by atoms with Crippen LogP contribution in [0.4, 0.5) is 10.5 Å². The molecule has 0 saturated heterocycles. The zero-order valence-electron chi connectivity index (χ0n) is 13.9. The summed E-state index contributed by atoms with van der Waals surface area (Å²) < 4.78 is 1.81. The van der Waals surface area contributed by atoms with Crippen molar-refractivity contribution in [2.45, 2.75) is 20.1 Å². The van der Waals surface area contributed by atoms with Gasteiger partial charge in [-0.3, -0.25) is 0 Å². The van der Waals surface area contributed by atoms with Crippen molar-refractivity contribution in [2.24, 2.45) is 0 Å². The summed E-state index contributed by atoms with van der Waals surface area (Å²) in [6, 6.07) is 16.6. The van der Waals surface area contributed by atoms with Crippen LogP contribution in [0, 0.1) is 6.92 Å². The minimum Gasteiger partial charge on any atom is -0.392 e. The minimum atomic E-state index is -0.304. The van der Waals surface area contributed by atoms with E-state index in [4.69, 9.17) is 0 Å². The molecule has 2 amide bonds. The van der Waals surface area contributed by atoms with Crippen LogP contribution in [0.2, 0.25) is 0 Å². The lowest BCUT2D eigenvalue weighted by Gasteiger charge is -2.11. The van der Waals surface area contributed by atoms with E-state index in [-0.39, 0.29) is 12.6 Å². The van der Waals surface area contributed by atoms with Crippen LogP contribution in [0.25, 0.3) is 5.69 Å². The van der Waals surface area contributed by atoms with Gasteiger partial charge in [0.1, 0.15) is 0 Å². The predicted octanol–water partition coefficient (Wildman–Crippen LogP) is 2.99. The molecule has 0 saturated carbocycles. The van der Waals surface area contributed by atoms with Gasteiger partial charge in [0.25, 0.3) is 0 Å². The molecule has 3 aromatic rings. The predicted molar refractivity (Wildman–Crippen MR) is 96.5 cm³/mol. The van der Waals surface area contributed by atoms with Gasteiger partial charge in [-0.2, -0.15) is 5.10 Å². The van der Waals surface area contributed by atoms with Gasteiger partial charge >= 0.3 is 6.03 Å². The number of hydrogen-bond acceptors (Lipinski definition) is 3. The summed E-state index contributed by atoms with van der Waals surface area (Å²) in [5.74, 6) is 0. The number of carbonyl (C=O) groups is 1. The first kappa shape index (κ1) is 16.7. The maximum Gasteiger partial charge on any atom is 0.319 e. The Kier molecular flexibility index (Phi) is 5.11. The molecule has 0 aliphatic heterocycles. The van der Waals surface area contributed by atoms with Crippen LogP contribution < -0.4 is 10.6 Å². The molecule has 1 aromatic heterocycles. The number of hydrogen-bond donors (Lipinski definition) is 3. The molecule has 0 bridgehead atoms. The zero-order chi connectivity index (χ0) is 17.6. The molecule has 0 unspecified atom stereocenters. The Hall–Kier alpha value is -3.12. The van der Waals surface area contributed by atoms with Crippen LogP contribution >= 0.6 is 0 Å². The van der Waals surface area contributed by atoms with Crippen molar-refractivity contribution >= 4 is 11.7 Å². The van der Waals surface area contributed by atoms with E-state index in [0.717, 1.165) is 22.5 Å². The lowest BCUT2D eigenvalue weighted by molar-refractivity contribution is 0.251. The number of rotatable bonds is 5. The number of nitrogens with zero attached hydrogens (tertiary/aromatic N) is 2. The van der Waals surface area contributed by atoms with Crippen LogP contribution in [0.3, 0.4) is 0 Å². The molecule has 1 heterocycles. The Labute approximate surface area is 146 Å². The SMILES string of the molecule is Cc1ccnn1-c1cccc(NC(=O)NCc2ccccc2CO)c1. The summed E-state index contributed by atoms with van der Waals surface area (Å²) in [4.78, 5) is 12.1. The van der Waals surface area contributed by atoms with Gasteiger partial charge < -0.3 is 15.7 Å². The fourth-order valence-corrected chi connectivity index (χ4v) is 2.59. The number of benzene rings is 2. The first-order chi connectivity index (χ1) is 12.2. The van der Waals surface area contributed by atoms with Gasteiger partial charge in [0, 0.05) is 24.1 Å². The first-order valence-electron chi connectivity index (χ1n) is 8.01. The van der Waals surface area contributed by atoms with Gasteiger partial charge in [0.15, 0.2) is 0 Å². The number of aromatic nitrogens is 2. The number of urea groups is 1. The van der Waals surface area contributed by atoms with Gasteiger partial charge in [-0.25, -0.2) is 9.48 Å². The van der Waals surface area contributed by atoms with Gasteiger partial charge in [-0.1, -0.05) is 30.3 Å². The summed E-state index contributed by atoms with van der Waals surface area (Å²) in [6.07, 6.45) is 1.74. The fourth-order valence-electron chi connectivity index (χ4n) is 2.59. The van der Waals surface area contributed by atoms with E-state index in [1.807, 2.05) is 61.5 Å². The topological polar surface area (TPSA) is 79.2 Å². The summed E-state index contributed by atoms with van der Waals surface area (Å²) in [5.41, 5.74) is 4.27. The van der Waals surface area contributed by atoms with Gasteiger partial charge in [-0.05, 0) is 42.3 Å². The third-order valence-corrected chi connectivity index (χ3v) is 3.91. The van der Waals surface area contributed by atoms with E-state index in [0.29, 0.717) is 12.2 Å². The molecule has 0 spiro atoms. The molecule has 25 heavy (non-hydrogen) atoms. The Balaban J connectivity index is 1.64. The minimum absolute atomic E-state index is 0.0509. The monoisotopic (exact) mass is 336 g/mol. The van der Waals surface area contributed by atoms with Gasteiger partial charge in [-0.15, -0.1) is 0 Å². The summed E-state index contributed by atoms with van der Waals surface area (Å²) in [6.45, 7) is 2.27. The van der Waals surface area contributed by atoms with Crippen molar-refractivity contribution in [1.29, 1.82) is 0 Å². The van der Waals surface area contributed by atoms with Crippen LogP contribution in [-0.2, 0) is 13.2 Å². The number of aliphatic hydroxyl groups excluding tert-OH is 1. The Morgan fingerprint density at radius 3 is 2.64 bits per heavy atom. The van der Waals surface area contributed by atoms with Crippen LogP contribution in [-0.4, -0.2) is 20.9 Å². The molecular formula is C19H20N4O2. The smallest absolute Gasteiger partial charge is 0.319 e. The second-order valence-corrected chi connectivity index (χ2v) is 5.67. The Morgan fingerprint density at radius 1 is 1.12 bits per heavy atom. The van der Waals surface area contributed by atoms with Crippen molar-refractivity contribution in [1.82, 2.24) is 15.1 Å². The highest BCUT2D eigenvalue weighted by Gasteiger charge is 2.06. The number of aliphatic hydroxyl groups is 1. The number of amides is 2. The van der Waals surface area contributed by atoms with Crippen molar-refractivity contribution in [2.75, 3.05) is 5.32 Å². The van der Waals surface area contributed by atoms with Crippen LogP contribution in [0.5, 0.6) is 0 Å². The van der Waals surface area contributed by atoms with E-state index in [9.17, 15) is 9.90 Å². The largest absolute Gasteiger partial charge is 0.392 e. The van der Waals surface area contributed by atoms with Crippen LogP contribution in [0.1, 0.15) is 16.8 Å². The molecule has 0 radical (unpaired) electrons. The van der Waals surface area contributed by atoms with Crippen molar-refractivity contribution in [3.8, 4) is 5.69 Å². The molecule has 3 N–H and O–H groups in total. The van der Waals surface area contributed by atoms with Crippen molar-refractivity contribution in [3.63, 3.8) is 0 Å². The lowest BCUT2D eigenvalue weighted by Crippen LogP contribution is -2.28.